The summed E-state index contributed by atoms with van der Waals surface area (Å²) in [6.45, 7) is 3.85. The summed E-state index contributed by atoms with van der Waals surface area (Å²) in [6.07, 6.45) is 3.42. The Labute approximate surface area is 113 Å². The van der Waals surface area contributed by atoms with Gasteiger partial charge >= 0.3 is 0 Å². The normalized spacial score (nSPS) is 11.9. The predicted molar refractivity (Wildman–Crippen MR) is 79.0 cm³/mol. The summed E-state index contributed by atoms with van der Waals surface area (Å²) < 4.78 is 0. The number of aromatic nitrogens is 1. The first kappa shape index (κ1) is 13.0. The molecule has 1 heterocycles. The molecular formula is C16H17N3. The van der Waals surface area contributed by atoms with Crippen LogP contribution in [-0.4, -0.2) is 10.7 Å². The first-order valence-corrected chi connectivity index (χ1v) is 6.12. The molecule has 0 saturated carbocycles. The Morgan fingerprint density at radius 2 is 1.58 bits per heavy atom. The van der Waals surface area contributed by atoms with Crippen LogP contribution in [0.25, 0.3) is 5.57 Å². The Balaban J connectivity index is 2.45. The summed E-state index contributed by atoms with van der Waals surface area (Å²) in [6, 6.07) is 11.6. The molecule has 0 saturated heterocycles. The van der Waals surface area contributed by atoms with Crippen molar-refractivity contribution in [1.82, 2.24) is 4.98 Å². The van der Waals surface area contributed by atoms with Gasteiger partial charge in [0.15, 0.2) is 0 Å². The number of pyridine rings is 1. The van der Waals surface area contributed by atoms with Crippen molar-refractivity contribution < 1.29 is 0 Å². The predicted octanol–water partition coefficient (Wildman–Crippen LogP) is 3.15. The fourth-order valence-corrected chi connectivity index (χ4v) is 1.95. The maximum Gasteiger partial charge on any atom is 0.0707 e. The second kappa shape index (κ2) is 5.48. The summed E-state index contributed by atoms with van der Waals surface area (Å²) in [5, 5.41) is 8.37. The molecule has 0 bridgehead atoms. The number of nitrogens with zero attached hydrogens (tertiary/aromatic N) is 1. The summed E-state index contributed by atoms with van der Waals surface area (Å²) in [5.74, 6) is 0. The van der Waals surface area contributed by atoms with E-state index in [-0.39, 0.29) is 0 Å². The zero-order valence-corrected chi connectivity index (χ0v) is 11.1. The maximum absolute atomic E-state index is 8.37. The summed E-state index contributed by atoms with van der Waals surface area (Å²) in [4.78, 5) is 4.00. The van der Waals surface area contributed by atoms with Crippen molar-refractivity contribution in [2.75, 3.05) is 0 Å². The van der Waals surface area contributed by atoms with E-state index in [9.17, 15) is 0 Å². The largest absolute Gasteiger partial charge is 0.402 e. The average molecular weight is 251 g/mol. The van der Waals surface area contributed by atoms with Gasteiger partial charge in [0.2, 0.25) is 0 Å². The highest BCUT2D eigenvalue weighted by atomic mass is 14.6. The van der Waals surface area contributed by atoms with Crippen LogP contribution in [-0.2, 0) is 0 Å². The number of nitrogens with one attached hydrogen (secondary N) is 1. The second-order valence-electron chi connectivity index (χ2n) is 4.53. The van der Waals surface area contributed by atoms with Gasteiger partial charge in [-0.15, -0.1) is 0 Å². The fraction of sp³-hybridized carbons (Fsp3) is 0.125. The number of hydrogen-bond acceptors (Lipinski definition) is 3. The molecule has 1 aromatic heterocycles. The van der Waals surface area contributed by atoms with E-state index in [1.54, 1.807) is 12.4 Å². The van der Waals surface area contributed by atoms with Crippen molar-refractivity contribution >= 4 is 11.3 Å². The standard InChI is InChI=1S/C16H17N3/c1-11-3-5-14(6-4-11)16(18)15(12(2)17)13-7-9-19-10-8-13/h3-10,18H,17H2,1-2H3/b15-12-,18-16?. The molecule has 0 aliphatic heterocycles. The van der Waals surface area contributed by atoms with E-state index >= 15 is 0 Å². The lowest BCUT2D eigenvalue weighted by atomic mass is 9.95. The van der Waals surface area contributed by atoms with Crippen LogP contribution in [0.5, 0.6) is 0 Å². The Morgan fingerprint density at radius 3 is 2.11 bits per heavy atom. The van der Waals surface area contributed by atoms with E-state index in [4.69, 9.17) is 11.1 Å². The quantitative estimate of drug-likeness (QED) is 0.823. The van der Waals surface area contributed by atoms with E-state index < -0.39 is 0 Å². The van der Waals surface area contributed by atoms with Gasteiger partial charge in [-0.25, -0.2) is 0 Å². The van der Waals surface area contributed by atoms with Crippen molar-refractivity contribution in [2.45, 2.75) is 13.8 Å². The van der Waals surface area contributed by atoms with Crippen LogP contribution in [0.15, 0.2) is 54.5 Å². The zero-order valence-electron chi connectivity index (χ0n) is 11.1. The maximum atomic E-state index is 8.37. The molecule has 3 N–H and O–H groups in total. The Hall–Kier alpha value is -2.42. The molecule has 1 aromatic carbocycles. The zero-order chi connectivity index (χ0) is 13.8. The van der Waals surface area contributed by atoms with Gasteiger partial charge < -0.3 is 5.73 Å². The topological polar surface area (TPSA) is 62.8 Å². The van der Waals surface area contributed by atoms with E-state index in [1.807, 2.05) is 50.2 Å². The Kier molecular flexibility index (Phi) is 3.76. The van der Waals surface area contributed by atoms with Gasteiger partial charge in [-0.05, 0) is 31.5 Å². The Bertz CT molecular complexity index is 606. The summed E-state index contributed by atoms with van der Waals surface area (Å²) in [5.41, 5.74) is 10.7. The molecule has 3 nitrogen and oxygen atoms in total. The Morgan fingerprint density at radius 1 is 1.00 bits per heavy atom. The number of nitrogens with two attached hydrogens (primary N) is 1. The minimum absolute atomic E-state index is 0.436. The molecule has 0 unspecified atom stereocenters. The fourth-order valence-electron chi connectivity index (χ4n) is 1.95. The average Bonchev–Trinajstić information content (AvgIpc) is 2.40. The van der Waals surface area contributed by atoms with Gasteiger partial charge in [0.1, 0.15) is 0 Å². The molecule has 0 fully saturated rings. The molecular weight excluding hydrogens is 234 g/mol. The first-order valence-electron chi connectivity index (χ1n) is 6.12. The molecule has 3 heteroatoms. The van der Waals surface area contributed by atoms with E-state index in [1.165, 1.54) is 5.56 Å². The van der Waals surface area contributed by atoms with Gasteiger partial charge in [-0.2, -0.15) is 0 Å². The molecule has 2 aromatic rings. The van der Waals surface area contributed by atoms with Crippen LogP contribution in [0, 0.1) is 12.3 Å². The minimum Gasteiger partial charge on any atom is -0.402 e. The number of hydrogen-bond donors (Lipinski definition) is 2. The third kappa shape index (κ3) is 2.88. The number of rotatable bonds is 3. The molecule has 19 heavy (non-hydrogen) atoms. The van der Waals surface area contributed by atoms with E-state index in [0.717, 1.165) is 16.7 Å². The van der Waals surface area contributed by atoms with Crippen LogP contribution in [0.1, 0.15) is 23.6 Å². The van der Waals surface area contributed by atoms with Gasteiger partial charge in [-0.1, -0.05) is 29.8 Å². The minimum atomic E-state index is 0.436. The molecule has 0 aliphatic rings. The first-order chi connectivity index (χ1) is 9.09. The third-order valence-corrected chi connectivity index (χ3v) is 2.95. The van der Waals surface area contributed by atoms with Crippen LogP contribution in [0.3, 0.4) is 0 Å². The third-order valence-electron chi connectivity index (χ3n) is 2.95. The molecule has 0 atom stereocenters. The van der Waals surface area contributed by atoms with Gasteiger partial charge in [-0.3, -0.25) is 10.4 Å². The molecule has 0 spiro atoms. The van der Waals surface area contributed by atoms with Crippen molar-refractivity contribution in [3.8, 4) is 0 Å². The van der Waals surface area contributed by atoms with Crippen molar-refractivity contribution in [3.05, 3.63) is 71.2 Å². The monoisotopic (exact) mass is 251 g/mol. The molecule has 2 rings (SSSR count). The summed E-state index contributed by atoms with van der Waals surface area (Å²) >= 11 is 0. The number of allylic oxidation sites excluding steroid dienone is 2. The van der Waals surface area contributed by atoms with Crippen LogP contribution in [0.4, 0.5) is 0 Å². The van der Waals surface area contributed by atoms with Crippen molar-refractivity contribution in [3.63, 3.8) is 0 Å². The molecule has 0 amide bonds. The second-order valence-corrected chi connectivity index (χ2v) is 4.53. The van der Waals surface area contributed by atoms with Gasteiger partial charge in [0.05, 0.1) is 5.71 Å². The highest BCUT2D eigenvalue weighted by Crippen LogP contribution is 2.21. The van der Waals surface area contributed by atoms with Crippen molar-refractivity contribution in [1.29, 1.82) is 5.41 Å². The van der Waals surface area contributed by atoms with E-state index in [0.29, 0.717) is 11.4 Å². The molecule has 96 valence electrons. The highest BCUT2D eigenvalue weighted by Gasteiger charge is 2.12. The molecule has 0 aliphatic carbocycles. The lowest BCUT2D eigenvalue weighted by Gasteiger charge is -2.12. The lowest BCUT2D eigenvalue weighted by Crippen LogP contribution is -2.09. The van der Waals surface area contributed by atoms with Crippen LogP contribution < -0.4 is 5.73 Å². The highest BCUT2D eigenvalue weighted by molar-refractivity contribution is 6.30. The lowest BCUT2D eigenvalue weighted by molar-refractivity contribution is 1.29. The van der Waals surface area contributed by atoms with E-state index in [2.05, 4.69) is 4.98 Å². The van der Waals surface area contributed by atoms with Crippen molar-refractivity contribution in [2.24, 2.45) is 5.73 Å². The van der Waals surface area contributed by atoms with Gasteiger partial charge in [0.25, 0.3) is 0 Å². The van der Waals surface area contributed by atoms with Crippen LogP contribution >= 0.6 is 0 Å². The SMILES string of the molecule is C/C(N)=C(/C(=N)c1ccc(C)cc1)c1ccncc1. The number of benzene rings is 1. The smallest absolute Gasteiger partial charge is 0.0707 e. The number of aryl methyl sites for hydroxylation is 1. The summed E-state index contributed by atoms with van der Waals surface area (Å²) in [7, 11) is 0. The molecule has 0 radical (unpaired) electrons. The van der Waals surface area contributed by atoms with Crippen LogP contribution in [0.2, 0.25) is 0 Å². The van der Waals surface area contributed by atoms with Gasteiger partial charge in [0, 0.05) is 29.2 Å².